The molecule has 0 aromatic carbocycles. The Hall–Kier alpha value is -0.0800. The third-order valence-corrected chi connectivity index (χ3v) is 5.32. The summed E-state index contributed by atoms with van der Waals surface area (Å²) in [6.07, 6.45) is 8.83. The molecule has 3 N–H and O–H groups in total. The van der Waals surface area contributed by atoms with Gasteiger partial charge in [-0.25, -0.2) is 0 Å². The van der Waals surface area contributed by atoms with Gasteiger partial charge in [0, 0.05) is 12.1 Å². The summed E-state index contributed by atoms with van der Waals surface area (Å²) in [5.74, 6) is 0.628. The van der Waals surface area contributed by atoms with Crippen molar-refractivity contribution in [1.82, 2.24) is 15.1 Å². The molecule has 0 bridgehead atoms. The van der Waals surface area contributed by atoms with Crippen molar-refractivity contribution in [1.29, 1.82) is 0 Å². The van der Waals surface area contributed by atoms with Crippen LogP contribution in [-0.2, 0) is 0 Å². The molecular formula is C17H36IN5. The highest BCUT2D eigenvalue weighted by molar-refractivity contribution is 14.0. The van der Waals surface area contributed by atoms with Crippen LogP contribution in [0, 0.1) is 0 Å². The number of aliphatic imine (C=N–C) groups is 1. The first-order chi connectivity index (χ1) is 10.7. The van der Waals surface area contributed by atoms with E-state index < -0.39 is 0 Å². The zero-order valence-electron chi connectivity index (χ0n) is 15.0. The topological polar surface area (TPSA) is 56.9 Å². The Labute approximate surface area is 159 Å². The Kier molecular flexibility index (Phi) is 9.77. The van der Waals surface area contributed by atoms with E-state index in [0.29, 0.717) is 5.96 Å². The van der Waals surface area contributed by atoms with E-state index in [-0.39, 0.29) is 29.5 Å². The molecule has 0 aliphatic carbocycles. The molecule has 0 atom stereocenters. The fourth-order valence-corrected chi connectivity index (χ4v) is 3.66. The molecule has 2 heterocycles. The predicted molar refractivity (Wildman–Crippen MR) is 110 cm³/mol. The van der Waals surface area contributed by atoms with Crippen LogP contribution in [0.3, 0.4) is 0 Å². The van der Waals surface area contributed by atoms with E-state index in [2.05, 4.69) is 29.1 Å². The number of nitrogens with two attached hydrogens (primary N) is 1. The van der Waals surface area contributed by atoms with Crippen molar-refractivity contribution in [3.63, 3.8) is 0 Å². The highest BCUT2D eigenvalue weighted by Gasteiger charge is 2.39. The molecule has 0 spiro atoms. The lowest BCUT2D eigenvalue weighted by atomic mass is 9.84. The molecule has 136 valence electrons. The Morgan fingerprint density at radius 1 is 1.13 bits per heavy atom. The Morgan fingerprint density at radius 2 is 1.78 bits per heavy atom. The van der Waals surface area contributed by atoms with Crippen molar-refractivity contribution in [3.8, 4) is 0 Å². The van der Waals surface area contributed by atoms with Gasteiger partial charge in [0.2, 0.25) is 0 Å². The highest BCUT2D eigenvalue weighted by Crippen LogP contribution is 2.31. The molecular weight excluding hydrogens is 401 g/mol. The largest absolute Gasteiger partial charge is 0.370 e. The lowest BCUT2D eigenvalue weighted by Gasteiger charge is -2.49. The van der Waals surface area contributed by atoms with Crippen LogP contribution >= 0.6 is 24.0 Å². The minimum absolute atomic E-state index is 0. The maximum Gasteiger partial charge on any atom is 0.188 e. The van der Waals surface area contributed by atoms with E-state index in [0.717, 1.165) is 19.5 Å². The van der Waals surface area contributed by atoms with Gasteiger partial charge in [0.15, 0.2) is 5.96 Å². The van der Waals surface area contributed by atoms with Crippen LogP contribution in [0.1, 0.15) is 51.9 Å². The Bertz CT molecular complexity index is 347. The average Bonchev–Trinajstić information content (AvgIpc) is 2.56. The zero-order valence-corrected chi connectivity index (χ0v) is 17.3. The van der Waals surface area contributed by atoms with Gasteiger partial charge >= 0.3 is 0 Å². The number of piperidine rings is 2. The fraction of sp³-hybridized carbons (Fsp3) is 0.941. The van der Waals surface area contributed by atoms with Crippen LogP contribution in [0.5, 0.6) is 0 Å². The van der Waals surface area contributed by atoms with Gasteiger partial charge in [-0.1, -0.05) is 19.8 Å². The molecule has 2 fully saturated rings. The van der Waals surface area contributed by atoms with E-state index >= 15 is 0 Å². The second-order valence-corrected chi connectivity index (χ2v) is 7.06. The van der Waals surface area contributed by atoms with Crippen molar-refractivity contribution >= 4 is 29.9 Å². The normalized spacial score (nSPS) is 23.3. The van der Waals surface area contributed by atoms with Crippen LogP contribution in [0.4, 0.5) is 0 Å². The maximum absolute atomic E-state index is 6.06. The molecule has 0 unspecified atom stereocenters. The quantitative estimate of drug-likeness (QED) is 0.290. The fourth-order valence-electron chi connectivity index (χ4n) is 3.66. The molecule has 0 amide bonds. The van der Waals surface area contributed by atoms with Crippen LogP contribution in [0.2, 0.25) is 0 Å². The number of nitrogens with zero attached hydrogens (tertiary/aromatic N) is 3. The van der Waals surface area contributed by atoms with E-state index in [9.17, 15) is 0 Å². The number of halogens is 1. The number of unbranched alkanes of at least 4 members (excludes halogenated alkanes) is 1. The van der Waals surface area contributed by atoms with Gasteiger partial charge in [-0.05, 0) is 65.3 Å². The Morgan fingerprint density at radius 3 is 2.39 bits per heavy atom. The SMILES string of the molecule is CCCCNC(N)=NCC1(N2CCCCC2)CCN(C)CC1.I. The summed E-state index contributed by atoms with van der Waals surface area (Å²) in [6.45, 7) is 8.81. The minimum atomic E-state index is 0. The van der Waals surface area contributed by atoms with Crippen LogP contribution < -0.4 is 11.1 Å². The smallest absolute Gasteiger partial charge is 0.188 e. The molecule has 2 saturated heterocycles. The van der Waals surface area contributed by atoms with Gasteiger partial charge in [-0.2, -0.15) is 0 Å². The monoisotopic (exact) mass is 437 g/mol. The van der Waals surface area contributed by atoms with E-state index in [1.807, 2.05) is 0 Å². The maximum atomic E-state index is 6.06. The van der Waals surface area contributed by atoms with Crippen LogP contribution in [0.15, 0.2) is 4.99 Å². The van der Waals surface area contributed by atoms with E-state index in [4.69, 9.17) is 10.7 Å². The molecule has 2 rings (SSSR count). The average molecular weight is 437 g/mol. The molecule has 0 aromatic heterocycles. The number of guanidine groups is 1. The second-order valence-electron chi connectivity index (χ2n) is 7.06. The number of nitrogens with one attached hydrogen (secondary N) is 1. The number of hydrogen-bond donors (Lipinski definition) is 2. The summed E-state index contributed by atoms with van der Waals surface area (Å²) >= 11 is 0. The lowest BCUT2D eigenvalue weighted by molar-refractivity contribution is 0.0208. The third-order valence-electron chi connectivity index (χ3n) is 5.32. The van der Waals surface area contributed by atoms with Gasteiger partial charge in [-0.15, -0.1) is 24.0 Å². The molecule has 5 nitrogen and oxygen atoms in total. The van der Waals surface area contributed by atoms with Gasteiger partial charge in [0.25, 0.3) is 0 Å². The highest BCUT2D eigenvalue weighted by atomic mass is 127. The van der Waals surface area contributed by atoms with E-state index in [1.54, 1.807) is 0 Å². The summed E-state index contributed by atoms with van der Waals surface area (Å²) < 4.78 is 0. The summed E-state index contributed by atoms with van der Waals surface area (Å²) in [6, 6.07) is 0. The second kappa shape index (κ2) is 10.7. The first-order valence-electron chi connectivity index (χ1n) is 9.14. The number of hydrogen-bond acceptors (Lipinski definition) is 3. The summed E-state index contributed by atoms with van der Waals surface area (Å²) in [4.78, 5) is 9.87. The molecule has 2 aliphatic rings. The first-order valence-corrected chi connectivity index (χ1v) is 9.14. The number of likely N-dealkylation sites (tertiary alicyclic amines) is 2. The lowest BCUT2D eigenvalue weighted by Crippen LogP contribution is -2.58. The summed E-state index contributed by atoms with van der Waals surface area (Å²) in [5.41, 5.74) is 6.30. The van der Waals surface area contributed by atoms with Crippen molar-refractivity contribution in [2.45, 2.75) is 57.4 Å². The van der Waals surface area contributed by atoms with Crippen LogP contribution in [0.25, 0.3) is 0 Å². The third kappa shape index (κ3) is 6.38. The predicted octanol–water partition coefficient (Wildman–Crippen LogP) is 2.26. The molecule has 0 radical (unpaired) electrons. The standard InChI is InChI=1S/C17H35N5.HI/c1-3-4-10-19-16(18)20-15-17(8-13-21(2)14-9-17)22-11-6-5-7-12-22;/h3-15H2,1-2H3,(H3,18,19,20);1H. The van der Waals surface area contributed by atoms with Crippen molar-refractivity contribution < 1.29 is 0 Å². The van der Waals surface area contributed by atoms with Gasteiger partial charge in [0.05, 0.1) is 6.54 Å². The van der Waals surface area contributed by atoms with Crippen molar-refractivity contribution in [2.75, 3.05) is 46.3 Å². The summed E-state index contributed by atoms with van der Waals surface area (Å²) in [5, 5.41) is 3.25. The van der Waals surface area contributed by atoms with Crippen molar-refractivity contribution in [2.24, 2.45) is 10.7 Å². The van der Waals surface area contributed by atoms with Gasteiger partial charge in [-0.3, -0.25) is 9.89 Å². The number of rotatable bonds is 6. The molecule has 23 heavy (non-hydrogen) atoms. The van der Waals surface area contributed by atoms with Gasteiger partial charge < -0.3 is 16.0 Å². The Balaban J connectivity index is 0.00000264. The molecule has 6 heteroatoms. The minimum Gasteiger partial charge on any atom is -0.370 e. The molecule has 2 aliphatic heterocycles. The van der Waals surface area contributed by atoms with E-state index in [1.165, 1.54) is 64.7 Å². The molecule has 0 aromatic rings. The first kappa shape index (κ1) is 21.0. The summed E-state index contributed by atoms with van der Waals surface area (Å²) in [7, 11) is 2.23. The van der Waals surface area contributed by atoms with Gasteiger partial charge in [0.1, 0.15) is 0 Å². The van der Waals surface area contributed by atoms with Crippen molar-refractivity contribution in [3.05, 3.63) is 0 Å². The zero-order chi connectivity index (χ0) is 15.8. The molecule has 0 saturated carbocycles. The van der Waals surface area contributed by atoms with Crippen LogP contribution in [-0.4, -0.2) is 67.6 Å².